The molecule has 1 amide bonds. The molecule has 1 aromatic carbocycles. The second kappa shape index (κ2) is 8.77. The molecule has 0 bridgehead atoms. The first-order valence-electron chi connectivity index (χ1n) is 11.5. The van der Waals surface area contributed by atoms with Crippen LogP contribution in [-0.2, 0) is 24.2 Å². The highest BCUT2D eigenvalue weighted by Crippen LogP contribution is 2.32. The number of thiazole rings is 1. The first kappa shape index (κ1) is 20.2. The van der Waals surface area contributed by atoms with E-state index in [1.54, 1.807) is 11.3 Å². The van der Waals surface area contributed by atoms with Crippen molar-refractivity contribution >= 4 is 17.2 Å². The number of benzene rings is 1. The van der Waals surface area contributed by atoms with Gasteiger partial charge >= 0.3 is 0 Å². The van der Waals surface area contributed by atoms with E-state index in [9.17, 15) is 4.79 Å². The van der Waals surface area contributed by atoms with Gasteiger partial charge in [0.1, 0.15) is 5.01 Å². The Kier molecular flexibility index (Phi) is 5.89. The van der Waals surface area contributed by atoms with Gasteiger partial charge in [-0.1, -0.05) is 37.6 Å². The van der Waals surface area contributed by atoms with Crippen molar-refractivity contribution in [3.8, 4) is 10.6 Å². The molecule has 160 valence electrons. The van der Waals surface area contributed by atoms with Crippen molar-refractivity contribution < 1.29 is 4.79 Å². The molecule has 1 aromatic heterocycles. The smallest absolute Gasteiger partial charge is 0.236 e. The fraction of sp³-hybridized carbons (Fsp3) is 0.583. The minimum absolute atomic E-state index is 0.298. The Balaban J connectivity index is 1.16. The maximum atomic E-state index is 12.9. The minimum Gasteiger partial charge on any atom is -0.339 e. The summed E-state index contributed by atoms with van der Waals surface area (Å²) in [6, 6.07) is 9.57. The standard InChI is InChI=1S/C24H32N4OS/c1-2-18-6-8-19(9-7-18)24-25-21-10-11-26(16-22(21)30-24)17-23(29)28-14-12-27(13-15-28)20-4-3-5-20/h6-9,20H,2-5,10-17H2,1H3. The molecule has 2 aromatic rings. The highest BCUT2D eigenvalue weighted by atomic mass is 32.1. The Labute approximate surface area is 183 Å². The Morgan fingerprint density at radius 2 is 1.87 bits per heavy atom. The molecule has 0 radical (unpaired) electrons. The number of nitrogens with zero attached hydrogens (tertiary/aromatic N) is 4. The van der Waals surface area contributed by atoms with Gasteiger partial charge in [0.05, 0.1) is 12.2 Å². The summed E-state index contributed by atoms with van der Waals surface area (Å²) in [5.74, 6) is 0.298. The number of aryl methyl sites for hydroxylation is 1. The molecule has 0 N–H and O–H groups in total. The normalized spacial score (nSPS) is 20.8. The first-order valence-corrected chi connectivity index (χ1v) is 12.3. The van der Waals surface area contributed by atoms with E-state index in [1.165, 1.54) is 41.0 Å². The number of piperazine rings is 1. The molecule has 0 atom stereocenters. The molecule has 5 nitrogen and oxygen atoms in total. The predicted molar refractivity (Wildman–Crippen MR) is 122 cm³/mol. The molecule has 5 rings (SSSR count). The quantitative estimate of drug-likeness (QED) is 0.737. The molecular weight excluding hydrogens is 392 g/mol. The fourth-order valence-corrected chi connectivity index (χ4v) is 5.93. The van der Waals surface area contributed by atoms with Crippen LogP contribution < -0.4 is 0 Å². The summed E-state index contributed by atoms with van der Waals surface area (Å²) < 4.78 is 0. The lowest BCUT2D eigenvalue weighted by Crippen LogP contribution is -2.55. The number of carbonyl (C=O) groups is 1. The van der Waals surface area contributed by atoms with Gasteiger partial charge < -0.3 is 4.90 Å². The Morgan fingerprint density at radius 1 is 1.10 bits per heavy atom. The van der Waals surface area contributed by atoms with Gasteiger partial charge in [-0.05, 0) is 24.8 Å². The van der Waals surface area contributed by atoms with Gasteiger partial charge in [-0.15, -0.1) is 11.3 Å². The highest BCUT2D eigenvalue weighted by molar-refractivity contribution is 7.15. The second-order valence-corrected chi connectivity index (χ2v) is 9.99. The molecule has 3 heterocycles. The summed E-state index contributed by atoms with van der Waals surface area (Å²) in [4.78, 5) is 26.1. The first-order chi connectivity index (χ1) is 14.7. The number of aromatic nitrogens is 1. The molecule has 2 fully saturated rings. The molecule has 0 spiro atoms. The van der Waals surface area contributed by atoms with Crippen molar-refractivity contribution in [3.63, 3.8) is 0 Å². The molecule has 3 aliphatic rings. The molecule has 6 heteroatoms. The lowest BCUT2D eigenvalue weighted by molar-refractivity contribution is -0.135. The van der Waals surface area contributed by atoms with E-state index in [1.807, 2.05) is 0 Å². The minimum atomic E-state index is 0.298. The maximum Gasteiger partial charge on any atom is 0.236 e. The lowest BCUT2D eigenvalue weighted by atomic mass is 9.91. The van der Waals surface area contributed by atoms with Crippen LogP contribution in [0.25, 0.3) is 10.6 Å². The van der Waals surface area contributed by atoms with Crippen LogP contribution in [0.4, 0.5) is 0 Å². The molecule has 0 unspecified atom stereocenters. The molecule has 30 heavy (non-hydrogen) atoms. The van der Waals surface area contributed by atoms with Crippen LogP contribution in [0.3, 0.4) is 0 Å². The predicted octanol–water partition coefficient (Wildman–Crippen LogP) is 3.43. The molecule has 1 saturated heterocycles. The number of hydrogen-bond acceptors (Lipinski definition) is 5. The van der Waals surface area contributed by atoms with E-state index >= 15 is 0 Å². The Hall–Kier alpha value is -1.76. The van der Waals surface area contributed by atoms with E-state index in [0.717, 1.165) is 63.2 Å². The van der Waals surface area contributed by atoms with Crippen LogP contribution in [-0.4, -0.2) is 70.9 Å². The van der Waals surface area contributed by atoms with Gasteiger partial charge in [0, 0.05) is 62.2 Å². The highest BCUT2D eigenvalue weighted by Gasteiger charge is 2.30. The maximum absolute atomic E-state index is 12.9. The van der Waals surface area contributed by atoms with Crippen LogP contribution in [0.15, 0.2) is 24.3 Å². The third-order valence-corrected chi connectivity index (χ3v) is 8.17. The van der Waals surface area contributed by atoms with Crippen LogP contribution in [0.1, 0.15) is 42.3 Å². The SMILES string of the molecule is CCc1ccc(-c2nc3c(s2)CN(CC(=O)N2CCN(C4CCC4)CC2)CC3)cc1. The van der Waals surface area contributed by atoms with Gasteiger partial charge in [-0.25, -0.2) is 4.98 Å². The molecule has 1 aliphatic carbocycles. The third kappa shape index (κ3) is 4.18. The van der Waals surface area contributed by atoms with Gasteiger partial charge in [0.15, 0.2) is 0 Å². The number of fused-ring (bicyclic) bond motifs is 1. The number of hydrogen-bond donors (Lipinski definition) is 0. The summed E-state index contributed by atoms with van der Waals surface area (Å²) in [7, 11) is 0. The zero-order valence-corrected chi connectivity index (χ0v) is 18.8. The van der Waals surface area contributed by atoms with Crippen LogP contribution >= 0.6 is 11.3 Å². The fourth-order valence-electron chi connectivity index (χ4n) is 4.77. The number of carbonyl (C=O) groups excluding carboxylic acids is 1. The zero-order chi connectivity index (χ0) is 20.5. The summed E-state index contributed by atoms with van der Waals surface area (Å²) in [5, 5.41) is 1.11. The van der Waals surface area contributed by atoms with E-state index in [-0.39, 0.29) is 0 Å². The van der Waals surface area contributed by atoms with Crippen molar-refractivity contribution in [3.05, 3.63) is 40.4 Å². The van der Waals surface area contributed by atoms with E-state index < -0.39 is 0 Å². The van der Waals surface area contributed by atoms with E-state index in [4.69, 9.17) is 4.98 Å². The lowest BCUT2D eigenvalue weighted by Gasteiger charge is -2.43. The summed E-state index contributed by atoms with van der Waals surface area (Å²) in [5.41, 5.74) is 3.80. The monoisotopic (exact) mass is 424 g/mol. The Bertz CT molecular complexity index is 881. The van der Waals surface area contributed by atoms with Gasteiger partial charge in [0.25, 0.3) is 0 Å². The summed E-state index contributed by atoms with van der Waals surface area (Å²) in [6.45, 7) is 8.40. The van der Waals surface area contributed by atoms with E-state index in [0.29, 0.717) is 12.5 Å². The second-order valence-electron chi connectivity index (χ2n) is 8.90. The van der Waals surface area contributed by atoms with Gasteiger partial charge in [-0.2, -0.15) is 0 Å². The Morgan fingerprint density at radius 3 is 2.53 bits per heavy atom. The van der Waals surface area contributed by atoms with Crippen LogP contribution in [0, 0.1) is 0 Å². The molecule has 1 saturated carbocycles. The van der Waals surface area contributed by atoms with Crippen LogP contribution in [0.5, 0.6) is 0 Å². The average Bonchev–Trinajstić information content (AvgIpc) is 3.16. The van der Waals surface area contributed by atoms with E-state index in [2.05, 4.69) is 45.9 Å². The summed E-state index contributed by atoms with van der Waals surface area (Å²) in [6.07, 6.45) is 6.09. The van der Waals surface area contributed by atoms with Gasteiger partial charge in [-0.3, -0.25) is 14.6 Å². The zero-order valence-electron chi connectivity index (χ0n) is 18.0. The summed E-state index contributed by atoms with van der Waals surface area (Å²) >= 11 is 1.80. The topological polar surface area (TPSA) is 39.7 Å². The third-order valence-electron chi connectivity index (χ3n) is 7.04. The molecule has 2 aliphatic heterocycles. The van der Waals surface area contributed by atoms with Crippen molar-refractivity contribution in [1.82, 2.24) is 19.7 Å². The van der Waals surface area contributed by atoms with Crippen LogP contribution in [0.2, 0.25) is 0 Å². The largest absolute Gasteiger partial charge is 0.339 e. The number of amides is 1. The van der Waals surface area contributed by atoms with Crippen molar-refractivity contribution in [2.24, 2.45) is 0 Å². The average molecular weight is 425 g/mol. The van der Waals surface area contributed by atoms with Crippen molar-refractivity contribution in [1.29, 1.82) is 0 Å². The van der Waals surface area contributed by atoms with Crippen molar-refractivity contribution in [2.75, 3.05) is 39.3 Å². The van der Waals surface area contributed by atoms with Crippen molar-refractivity contribution in [2.45, 2.75) is 51.6 Å². The van der Waals surface area contributed by atoms with Gasteiger partial charge in [0.2, 0.25) is 5.91 Å². The number of rotatable bonds is 5. The molecular formula is C24H32N4OS.